The van der Waals surface area contributed by atoms with Crippen LogP contribution in [0.2, 0.25) is 10.0 Å². The topological polar surface area (TPSA) is 55.1 Å². The minimum absolute atomic E-state index is 0.0131. The fourth-order valence-electron chi connectivity index (χ4n) is 2.95. The summed E-state index contributed by atoms with van der Waals surface area (Å²) in [5.41, 5.74) is 1.39. The highest BCUT2D eigenvalue weighted by molar-refractivity contribution is 6.35. The van der Waals surface area contributed by atoms with Crippen LogP contribution in [0.5, 0.6) is 5.75 Å². The predicted molar refractivity (Wildman–Crippen MR) is 114 cm³/mol. The first-order chi connectivity index (χ1) is 13.5. The molecule has 0 saturated heterocycles. The first-order valence-electron chi connectivity index (χ1n) is 8.48. The number of para-hydroxylation sites is 3. The van der Waals surface area contributed by atoms with Crippen molar-refractivity contribution in [2.75, 3.05) is 0 Å². The van der Waals surface area contributed by atoms with Crippen LogP contribution in [0.4, 0.5) is 0 Å². The lowest BCUT2D eigenvalue weighted by Gasteiger charge is -2.12. The van der Waals surface area contributed by atoms with E-state index in [0.717, 1.165) is 5.56 Å². The Labute approximate surface area is 170 Å². The van der Waals surface area contributed by atoms with Crippen molar-refractivity contribution in [2.24, 2.45) is 0 Å². The summed E-state index contributed by atoms with van der Waals surface area (Å²) in [5.74, 6) is 0.358. The summed E-state index contributed by atoms with van der Waals surface area (Å²) in [6.07, 6.45) is 3.45. The molecular weight excluding hydrogens is 395 g/mol. The fourth-order valence-corrected chi connectivity index (χ4v) is 3.42. The van der Waals surface area contributed by atoms with Gasteiger partial charge in [0.15, 0.2) is 0 Å². The smallest absolute Gasteiger partial charge is 0.266 e. The van der Waals surface area contributed by atoms with Gasteiger partial charge < -0.3 is 5.11 Å². The quantitative estimate of drug-likeness (QED) is 0.482. The highest BCUT2D eigenvalue weighted by Gasteiger charge is 2.13. The molecule has 1 heterocycles. The Kier molecular flexibility index (Phi) is 4.90. The van der Waals surface area contributed by atoms with Gasteiger partial charge >= 0.3 is 0 Å². The van der Waals surface area contributed by atoms with Gasteiger partial charge in [-0.15, -0.1) is 0 Å². The second-order valence-corrected chi connectivity index (χ2v) is 6.96. The molecule has 4 aromatic rings. The SMILES string of the molecule is O=c1c2ccccc2nc(/C=C/c2ccc(Cl)cc2Cl)n1-c1ccccc1O. The molecule has 0 aliphatic heterocycles. The number of aromatic hydroxyl groups is 1. The molecule has 0 spiro atoms. The zero-order chi connectivity index (χ0) is 19.7. The lowest BCUT2D eigenvalue weighted by Crippen LogP contribution is -2.22. The zero-order valence-corrected chi connectivity index (χ0v) is 16.0. The van der Waals surface area contributed by atoms with E-state index in [9.17, 15) is 9.90 Å². The van der Waals surface area contributed by atoms with Gasteiger partial charge in [0.1, 0.15) is 11.6 Å². The van der Waals surface area contributed by atoms with Crippen molar-refractivity contribution in [3.05, 3.63) is 98.5 Å². The van der Waals surface area contributed by atoms with Gasteiger partial charge in [0, 0.05) is 10.0 Å². The normalized spacial score (nSPS) is 11.4. The first kappa shape index (κ1) is 18.3. The number of nitrogens with zero attached hydrogens (tertiary/aromatic N) is 2. The number of phenolic OH excluding ortho intramolecular Hbond substituents is 1. The molecule has 0 aliphatic carbocycles. The molecule has 3 aromatic carbocycles. The van der Waals surface area contributed by atoms with Crippen LogP contribution in [0.25, 0.3) is 28.7 Å². The van der Waals surface area contributed by atoms with Gasteiger partial charge in [0.25, 0.3) is 5.56 Å². The zero-order valence-electron chi connectivity index (χ0n) is 14.5. The van der Waals surface area contributed by atoms with Crippen LogP contribution in [0.15, 0.2) is 71.5 Å². The number of rotatable bonds is 3. The molecule has 4 rings (SSSR count). The van der Waals surface area contributed by atoms with Crippen LogP contribution >= 0.6 is 23.2 Å². The Balaban J connectivity index is 1.96. The minimum atomic E-state index is -0.269. The molecule has 0 bridgehead atoms. The molecule has 1 N–H and O–H groups in total. The Morgan fingerprint density at radius 3 is 2.46 bits per heavy atom. The largest absolute Gasteiger partial charge is 0.506 e. The molecule has 0 amide bonds. The van der Waals surface area contributed by atoms with Gasteiger partial charge in [-0.2, -0.15) is 0 Å². The number of phenols is 1. The molecule has 0 unspecified atom stereocenters. The van der Waals surface area contributed by atoms with Crippen LogP contribution in [0, 0.1) is 0 Å². The summed E-state index contributed by atoms with van der Waals surface area (Å²) in [6, 6.07) is 18.9. The van der Waals surface area contributed by atoms with Crippen molar-refractivity contribution in [3.63, 3.8) is 0 Å². The van der Waals surface area contributed by atoms with E-state index < -0.39 is 0 Å². The van der Waals surface area contributed by atoms with E-state index in [1.807, 2.05) is 6.07 Å². The number of halogens is 2. The van der Waals surface area contributed by atoms with Gasteiger partial charge in [-0.3, -0.25) is 9.36 Å². The second-order valence-electron chi connectivity index (χ2n) is 6.12. The van der Waals surface area contributed by atoms with E-state index >= 15 is 0 Å². The highest BCUT2D eigenvalue weighted by Crippen LogP contribution is 2.25. The van der Waals surface area contributed by atoms with Gasteiger partial charge in [-0.05, 0) is 54.1 Å². The van der Waals surface area contributed by atoms with Crippen LogP contribution in [-0.4, -0.2) is 14.7 Å². The molecular formula is C22H14Cl2N2O2. The lowest BCUT2D eigenvalue weighted by molar-refractivity contribution is 0.471. The summed E-state index contributed by atoms with van der Waals surface area (Å²) in [6.45, 7) is 0. The van der Waals surface area contributed by atoms with Crippen LogP contribution in [0.3, 0.4) is 0 Å². The summed E-state index contributed by atoms with van der Waals surface area (Å²) in [7, 11) is 0. The summed E-state index contributed by atoms with van der Waals surface area (Å²) < 4.78 is 1.39. The molecule has 6 heteroatoms. The summed E-state index contributed by atoms with van der Waals surface area (Å²) in [5, 5.41) is 11.8. The van der Waals surface area contributed by atoms with Gasteiger partial charge in [-0.1, -0.05) is 53.5 Å². The van der Waals surface area contributed by atoms with Crippen molar-refractivity contribution in [1.29, 1.82) is 0 Å². The van der Waals surface area contributed by atoms with E-state index in [4.69, 9.17) is 23.2 Å². The maximum absolute atomic E-state index is 13.2. The summed E-state index contributed by atoms with van der Waals surface area (Å²) >= 11 is 12.2. The third kappa shape index (κ3) is 3.40. The number of hydrogen-bond acceptors (Lipinski definition) is 3. The van der Waals surface area contributed by atoms with Crippen molar-refractivity contribution >= 4 is 46.3 Å². The number of hydrogen-bond donors (Lipinski definition) is 1. The average Bonchev–Trinajstić information content (AvgIpc) is 2.68. The molecule has 0 fully saturated rings. The van der Waals surface area contributed by atoms with E-state index in [1.54, 1.807) is 66.7 Å². The highest BCUT2D eigenvalue weighted by atomic mass is 35.5. The van der Waals surface area contributed by atoms with Crippen molar-refractivity contribution in [2.45, 2.75) is 0 Å². The lowest BCUT2D eigenvalue weighted by atomic mass is 10.2. The van der Waals surface area contributed by atoms with Crippen molar-refractivity contribution in [1.82, 2.24) is 9.55 Å². The van der Waals surface area contributed by atoms with Crippen LogP contribution in [0.1, 0.15) is 11.4 Å². The van der Waals surface area contributed by atoms with Gasteiger partial charge in [0.2, 0.25) is 0 Å². The number of aromatic nitrogens is 2. The Morgan fingerprint density at radius 2 is 1.68 bits per heavy atom. The van der Waals surface area contributed by atoms with E-state index in [-0.39, 0.29) is 11.3 Å². The molecule has 0 aliphatic rings. The third-order valence-corrected chi connectivity index (χ3v) is 4.86. The van der Waals surface area contributed by atoms with Crippen LogP contribution in [-0.2, 0) is 0 Å². The maximum atomic E-state index is 13.2. The van der Waals surface area contributed by atoms with Gasteiger partial charge in [0.05, 0.1) is 16.6 Å². The number of fused-ring (bicyclic) bond motifs is 1. The average molecular weight is 409 g/mol. The standard InChI is InChI=1S/C22H14Cl2N2O2/c23-15-11-9-14(17(24)13-15)10-12-21-25-18-6-2-1-5-16(18)22(28)26(21)19-7-3-4-8-20(19)27/h1-13,27H/b12-10+. The molecule has 4 nitrogen and oxygen atoms in total. The van der Waals surface area contributed by atoms with E-state index in [0.29, 0.717) is 32.5 Å². The molecule has 1 aromatic heterocycles. The van der Waals surface area contributed by atoms with Crippen molar-refractivity contribution in [3.8, 4) is 11.4 Å². The molecule has 28 heavy (non-hydrogen) atoms. The number of benzene rings is 3. The minimum Gasteiger partial charge on any atom is -0.506 e. The Morgan fingerprint density at radius 1 is 0.929 bits per heavy atom. The molecule has 138 valence electrons. The molecule has 0 saturated carbocycles. The fraction of sp³-hybridized carbons (Fsp3) is 0. The predicted octanol–water partition coefficient (Wildman–Crippen LogP) is 5.57. The van der Waals surface area contributed by atoms with E-state index in [1.165, 1.54) is 10.6 Å². The molecule has 0 radical (unpaired) electrons. The summed E-state index contributed by atoms with van der Waals surface area (Å²) in [4.78, 5) is 17.8. The maximum Gasteiger partial charge on any atom is 0.266 e. The van der Waals surface area contributed by atoms with Crippen molar-refractivity contribution < 1.29 is 5.11 Å². The Hall–Kier alpha value is -3.08. The first-order valence-corrected chi connectivity index (χ1v) is 9.23. The third-order valence-electron chi connectivity index (χ3n) is 4.30. The van der Waals surface area contributed by atoms with E-state index in [2.05, 4.69) is 4.98 Å². The molecule has 0 atom stereocenters. The monoisotopic (exact) mass is 408 g/mol. The Bertz CT molecular complexity index is 1280. The second kappa shape index (κ2) is 7.50. The van der Waals surface area contributed by atoms with Crippen LogP contribution < -0.4 is 5.56 Å². The van der Waals surface area contributed by atoms with Gasteiger partial charge in [-0.25, -0.2) is 4.98 Å².